The van der Waals surface area contributed by atoms with Crippen molar-refractivity contribution in [3.63, 3.8) is 0 Å². The summed E-state index contributed by atoms with van der Waals surface area (Å²) in [5.41, 5.74) is 5.59. The highest BCUT2D eigenvalue weighted by molar-refractivity contribution is 5.88. The molecule has 0 aromatic rings. The summed E-state index contributed by atoms with van der Waals surface area (Å²) < 4.78 is 0. The molecule has 0 aliphatic heterocycles. The zero-order valence-corrected chi connectivity index (χ0v) is 19.6. The van der Waals surface area contributed by atoms with Gasteiger partial charge in [0, 0.05) is 12.8 Å². The van der Waals surface area contributed by atoms with Gasteiger partial charge in [0.05, 0.1) is 6.04 Å². The Bertz CT molecular complexity index is 385. The summed E-state index contributed by atoms with van der Waals surface area (Å²) in [6.45, 7) is 5.08. The fraction of sp³-hybridized carbons (Fsp3) is 0.920. The molecule has 0 aliphatic carbocycles. The molecule has 4 heteroatoms. The number of carbonyl (C=O) groups is 2. The first kappa shape index (κ1) is 28.1. The van der Waals surface area contributed by atoms with Gasteiger partial charge in [-0.2, -0.15) is 0 Å². The van der Waals surface area contributed by atoms with Crippen LogP contribution in [0.5, 0.6) is 0 Å². The molecular formula is C25H50N2O2. The van der Waals surface area contributed by atoms with Crippen LogP contribution in [0.25, 0.3) is 0 Å². The van der Waals surface area contributed by atoms with Crippen LogP contribution in [0, 0.1) is 0 Å². The van der Waals surface area contributed by atoms with E-state index in [4.69, 9.17) is 5.73 Å². The lowest BCUT2D eigenvalue weighted by Gasteiger charge is -2.18. The smallest absolute Gasteiger partial charge is 0.220 e. The monoisotopic (exact) mass is 410 g/mol. The highest BCUT2D eigenvalue weighted by Crippen LogP contribution is 2.12. The maximum atomic E-state index is 12.6. The van der Waals surface area contributed by atoms with E-state index in [9.17, 15) is 9.59 Å². The minimum absolute atomic E-state index is 0.0463. The van der Waals surface area contributed by atoms with Crippen molar-refractivity contribution in [2.45, 2.75) is 142 Å². The number of hydrogen-bond donors (Lipinski definition) is 2. The summed E-state index contributed by atoms with van der Waals surface area (Å²) >= 11 is 0. The Balaban J connectivity index is 4.01. The quantitative estimate of drug-likeness (QED) is 0.201. The Kier molecular flexibility index (Phi) is 21.1. The lowest BCUT2D eigenvalue weighted by atomic mass is 9.99. The second kappa shape index (κ2) is 21.8. The van der Waals surface area contributed by atoms with Gasteiger partial charge in [0.15, 0.2) is 5.78 Å². The first-order chi connectivity index (χ1) is 14.2. The molecule has 0 saturated carbocycles. The average Bonchev–Trinajstić information content (AvgIpc) is 2.71. The van der Waals surface area contributed by atoms with Crippen LogP contribution in [0.3, 0.4) is 0 Å². The number of Topliss-reactive ketones (excluding diaryl/α,β-unsaturated/α-hetero) is 1. The first-order valence-corrected chi connectivity index (χ1v) is 12.7. The van der Waals surface area contributed by atoms with Crippen LogP contribution in [-0.4, -0.2) is 24.3 Å². The molecule has 0 rings (SSSR count). The van der Waals surface area contributed by atoms with Gasteiger partial charge in [-0.1, -0.05) is 90.9 Å². The number of hydrogen-bond acceptors (Lipinski definition) is 3. The largest absolute Gasteiger partial charge is 0.346 e. The molecule has 0 aromatic carbocycles. The summed E-state index contributed by atoms with van der Waals surface area (Å²) in [5.74, 6) is 0.254. The molecular weight excluding hydrogens is 360 g/mol. The zero-order valence-electron chi connectivity index (χ0n) is 19.6. The molecule has 1 amide bonds. The molecule has 0 aliphatic rings. The van der Waals surface area contributed by atoms with E-state index in [1.807, 2.05) is 0 Å². The number of carbonyl (C=O) groups excluding carboxylic acids is 2. The van der Waals surface area contributed by atoms with Gasteiger partial charge in [-0.15, -0.1) is 0 Å². The lowest BCUT2D eigenvalue weighted by molar-refractivity contribution is -0.128. The minimum atomic E-state index is -0.307. The molecule has 172 valence electrons. The van der Waals surface area contributed by atoms with Gasteiger partial charge in [0.25, 0.3) is 0 Å². The minimum Gasteiger partial charge on any atom is -0.346 e. The van der Waals surface area contributed by atoms with Gasteiger partial charge in [0.1, 0.15) is 0 Å². The second-order valence-electron chi connectivity index (χ2n) is 8.61. The molecule has 0 saturated heterocycles. The maximum Gasteiger partial charge on any atom is 0.220 e. The number of ketones is 1. The molecule has 0 spiro atoms. The first-order valence-electron chi connectivity index (χ1n) is 12.7. The van der Waals surface area contributed by atoms with Crippen molar-refractivity contribution in [2.24, 2.45) is 5.73 Å². The molecule has 0 fully saturated rings. The van der Waals surface area contributed by atoms with Crippen LogP contribution in [-0.2, 0) is 9.59 Å². The van der Waals surface area contributed by atoms with Crippen LogP contribution < -0.4 is 11.1 Å². The molecule has 0 bridgehead atoms. The van der Waals surface area contributed by atoms with E-state index in [0.717, 1.165) is 44.9 Å². The van der Waals surface area contributed by atoms with Gasteiger partial charge < -0.3 is 11.1 Å². The normalized spacial score (nSPS) is 12.1. The van der Waals surface area contributed by atoms with Crippen molar-refractivity contribution in [3.8, 4) is 0 Å². The zero-order chi connectivity index (χ0) is 21.6. The number of rotatable bonds is 22. The van der Waals surface area contributed by atoms with Crippen LogP contribution >= 0.6 is 0 Å². The highest BCUT2D eigenvalue weighted by atomic mass is 16.2. The summed E-state index contributed by atoms with van der Waals surface area (Å²) in [5, 5.41) is 3.02. The molecule has 1 atom stereocenters. The highest BCUT2D eigenvalue weighted by Gasteiger charge is 2.19. The van der Waals surface area contributed by atoms with Gasteiger partial charge >= 0.3 is 0 Å². The van der Waals surface area contributed by atoms with Gasteiger partial charge in [-0.25, -0.2) is 0 Å². The Labute approximate surface area is 181 Å². The third-order valence-electron chi connectivity index (χ3n) is 5.70. The van der Waals surface area contributed by atoms with Crippen molar-refractivity contribution in [1.29, 1.82) is 0 Å². The van der Waals surface area contributed by atoms with E-state index in [0.29, 0.717) is 19.4 Å². The number of unbranched alkanes of at least 4 members (excludes halogenated alkanes) is 13. The molecule has 0 heterocycles. The van der Waals surface area contributed by atoms with Crippen LogP contribution in [0.2, 0.25) is 0 Å². The average molecular weight is 411 g/mol. The summed E-state index contributed by atoms with van der Waals surface area (Å²) in [7, 11) is 0. The predicted octanol–water partition coefficient (Wildman–Crippen LogP) is 6.45. The molecule has 29 heavy (non-hydrogen) atoms. The third-order valence-corrected chi connectivity index (χ3v) is 5.70. The van der Waals surface area contributed by atoms with E-state index >= 15 is 0 Å². The fourth-order valence-electron chi connectivity index (χ4n) is 3.75. The Morgan fingerprint density at radius 2 is 1.14 bits per heavy atom. The van der Waals surface area contributed by atoms with E-state index in [-0.39, 0.29) is 17.7 Å². The summed E-state index contributed by atoms with van der Waals surface area (Å²) in [6, 6.07) is -0.307. The maximum absolute atomic E-state index is 12.6. The third kappa shape index (κ3) is 18.8. The second-order valence-corrected chi connectivity index (χ2v) is 8.61. The van der Waals surface area contributed by atoms with E-state index in [1.165, 1.54) is 64.2 Å². The van der Waals surface area contributed by atoms with Crippen molar-refractivity contribution in [1.82, 2.24) is 5.32 Å². The standard InChI is InChI=1S/C25H50N2O2/c1-3-5-7-9-10-11-12-14-16-21-25(29)27-23(19-17-18-22-26)24(28)20-15-13-8-6-4-2/h23H,3-22,26H2,1-2H3,(H,27,29). The summed E-state index contributed by atoms with van der Waals surface area (Å²) in [4.78, 5) is 24.9. The SMILES string of the molecule is CCCCCCCCCCCC(=O)NC(CCCCN)C(=O)CCCCCCC. The fourth-order valence-corrected chi connectivity index (χ4v) is 3.75. The van der Waals surface area contributed by atoms with Crippen molar-refractivity contribution < 1.29 is 9.59 Å². The molecule has 4 nitrogen and oxygen atoms in total. The van der Waals surface area contributed by atoms with Crippen molar-refractivity contribution in [2.75, 3.05) is 6.54 Å². The van der Waals surface area contributed by atoms with Crippen LogP contribution in [0.1, 0.15) is 136 Å². The summed E-state index contributed by atoms with van der Waals surface area (Å²) in [6.07, 6.45) is 20.6. The van der Waals surface area contributed by atoms with E-state index < -0.39 is 0 Å². The molecule has 0 aromatic heterocycles. The van der Waals surface area contributed by atoms with Gasteiger partial charge in [-0.05, 0) is 38.6 Å². The number of amides is 1. The van der Waals surface area contributed by atoms with E-state index in [2.05, 4.69) is 19.2 Å². The van der Waals surface area contributed by atoms with Gasteiger partial charge in [-0.3, -0.25) is 9.59 Å². The van der Waals surface area contributed by atoms with Crippen LogP contribution in [0.4, 0.5) is 0 Å². The van der Waals surface area contributed by atoms with Crippen molar-refractivity contribution in [3.05, 3.63) is 0 Å². The van der Waals surface area contributed by atoms with Gasteiger partial charge in [0.2, 0.25) is 5.91 Å². The number of nitrogens with one attached hydrogen (secondary N) is 1. The molecule has 3 N–H and O–H groups in total. The molecule has 1 unspecified atom stereocenters. The Morgan fingerprint density at radius 3 is 1.66 bits per heavy atom. The Hall–Kier alpha value is -0.900. The molecule has 0 radical (unpaired) electrons. The van der Waals surface area contributed by atoms with Crippen LogP contribution in [0.15, 0.2) is 0 Å². The predicted molar refractivity (Wildman–Crippen MR) is 125 cm³/mol. The number of nitrogens with two attached hydrogens (primary N) is 1. The van der Waals surface area contributed by atoms with Crippen molar-refractivity contribution >= 4 is 11.7 Å². The van der Waals surface area contributed by atoms with E-state index in [1.54, 1.807) is 0 Å². The topological polar surface area (TPSA) is 72.2 Å². The lowest BCUT2D eigenvalue weighted by Crippen LogP contribution is -2.40. The Morgan fingerprint density at radius 1 is 0.655 bits per heavy atom.